The van der Waals surface area contributed by atoms with Crippen molar-refractivity contribution in [2.45, 2.75) is 31.3 Å². The Bertz CT molecular complexity index is 1090. The largest absolute Gasteiger partial charge is 0.444 e. The lowest BCUT2D eigenvalue weighted by molar-refractivity contribution is 0.0192. The van der Waals surface area contributed by atoms with Crippen LogP contribution in [0.15, 0.2) is 42.1 Å². The van der Waals surface area contributed by atoms with Crippen molar-refractivity contribution in [3.05, 3.63) is 48.6 Å². The minimum absolute atomic E-state index is 0.0461. The number of amides is 1. The number of hydrogen-bond donors (Lipinski definition) is 1. The molecule has 0 radical (unpaired) electrons. The first-order valence-corrected chi connectivity index (χ1v) is 11.4. The summed E-state index contributed by atoms with van der Waals surface area (Å²) in [5.74, 6) is -0.656. The minimum Gasteiger partial charge on any atom is -0.444 e. The molecule has 0 bridgehead atoms. The molecule has 1 aromatic heterocycles. The Labute approximate surface area is 187 Å². The van der Waals surface area contributed by atoms with Gasteiger partial charge in [-0.05, 0) is 39.0 Å². The number of rotatable bonds is 5. The van der Waals surface area contributed by atoms with Gasteiger partial charge in [0.15, 0.2) is 0 Å². The van der Waals surface area contributed by atoms with Crippen molar-refractivity contribution < 1.29 is 22.3 Å². The molecule has 3 rings (SSSR count). The van der Waals surface area contributed by atoms with Gasteiger partial charge in [-0.15, -0.1) is 0 Å². The monoisotopic (exact) mass is 463 g/mol. The smallest absolute Gasteiger partial charge is 0.410 e. The second kappa shape index (κ2) is 9.21. The Kier molecular flexibility index (Phi) is 6.79. The second-order valence-electron chi connectivity index (χ2n) is 8.19. The molecule has 9 nitrogen and oxygen atoms in total. The summed E-state index contributed by atoms with van der Waals surface area (Å²) < 4.78 is 47.1. The highest BCUT2D eigenvalue weighted by Crippen LogP contribution is 2.25. The number of benzene rings is 1. The highest BCUT2D eigenvalue weighted by atomic mass is 32.2. The molecule has 1 fully saturated rings. The van der Waals surface area contributed by atoms with Crippen LogP contribution < -0.4 is 5.32 Å². The Morgan fingerprint density at radius 2 is 1.81 bits per heavy atom. The van der Waals surface area contributed by atoms with Crippen LogP contribution in [-0.2, 0) is 14.8 Å². The van der Waals surface area contributed by atoms with Gasteiger partial charge >= 0.3 is 6.09 Å². The number of anilines is 2. The lowest BCUT2D eigenvalue weighted by Crippen LogP contribution is -2.51. The van der Waals surface area contributed by atoms with Crippen molar-refractivity contribution in [1.82, 2.24) is 19.2 Å². The van der Waals surface area contributed by atoms with E-state index in [0.29, 0.717) is 5.69 Å². The lowest BCUT2D eigenvalue weighted by atomic mass is 10.2. The van der Waals surface area contributed by atoms with Gasteiger partial charge in [0.1, 0.15) is 16.3 Å². The predicted molar refractivity (Wildman–Crippen MR) is 118 cm³/mol. The number of aromatic nitrogens is 2. The third kappa shape index (κ3) is 5.60. The first-order chi connectivity index (χ1) is 15.0. The SMILES string of the molecule is C=Cc1cnc(Nc2ccc(S(=O)(=O)N3CCN(C(=O)OC(C)(C)C)CC3)c(F)c2)nc1. The summed E-state index contributed by atoms with van der Waals surface area (Å²) in [5, 5.41) is 2.83. The quantitative estimate of drug-likeness (QED) is 0.726. The molecule has 1 aromatic carbocycles. The van der Waals surface area contributed by atoms with E-state index in [0.717, 1.165) is 15.9 Å². The second-order valence-corrected chi connectivity index (χ2v) is 10.1. The van der Waals surface area contributed by atoms with Gasteiger partial charge < -0.3 is 15.0 Å². The van der Waals surface area contributed by atoms with Crippen LogP contribution in [0.25, 0.3) is 6.08 Å². The van der Waals surface area contributed by atoms with Crippen LogP contribution in [0.1, 0.15) is 26.3 Å². The minimum atomic E-state index is -4.07. The van der Waals surface area contributed by atoms with Crippen molar-refractivity contribution in [2.75, 3.05) is 31.5 Å². The standard InChI is InChI=1S/C21H26FN5O4S/c1-5-15-13-23-19(24-14-15)25-16-6-7-18(17(22)12-16)32(29,30)27-10-8-26(9-11-27)20(28)31-21(2,3)4/h5-7,12-14H,1,8-11H2,2-4H3,(H,23,24,25). The van der Waals surface area contributed by atoms with E-state index in [-0.39, 0.29) is 32.1 Å². The van der Waals surface area contributed by atoms with E-state index in [1.54, 1.807) is 39.2 Å². The molecule has 1 aliphatic heterocycles. The average molecular weight is 464 g/mol. The Balaban J connectivity index is 1.68. The van der Waals surface area contributed by atoms with Crippen LogP contribution in [0, 0.1) is 5.82 Å². The fourth-order valence-electron chi connectivity index (χ4n) is 3.00. The Morgan fingerprint density at radius 3 is 2.34 bits per heavy atom. The van der Waals surface area contributed by atoms with Gasteiger partial charge in [0, 0.05) is 49.8 Å². The molecule has 2 heterocycles. The molecular formula is C21H26FN5O4S. The summed E-state index contributed by atoms with van der Waals surface area (Å²) in [4.78, 5) is 21.3. The Morgan fingerprint density at radius 1 is 1.19 bits per heavy atom. The number of halogens is 1. The maximum Gasteiger partial charge on any atom is 0.410 e. The van der Waals surface area contributed by atoms with E-state index in [2.05, 4.69) is 21.9 Å². The number of nitrogens with one attached hydrogen (secondary N) is 1. The number of hydrogen-bond acceptors (Lipinski definition) is 7. The summed E-state index contributed by atoms with van der Waals surface area (Å²) in [6, 6.07) is 3.72. The van der Waals surface area contributed by atoms with Crippen molar-refractivity contribution >= 4 is 33.8 Å². The molecule has 1 aliphatic rings. The molecule has 0 aliphatic carbocycles. The number of nitrogens with zero attached hydrogens (tertiary/aromatic N) is 4. The van der Waals surface area contributed by atoms with E-state index in [9.17, 15) is 17.6 Å². The maximum absolute atomic E-state index is 14.7. The molecule has 0 atom stereocenters. The highest BCUT2D eigenvalue weighted by molar-refractivity contribution is 7.89. The van der Waals surface area contributed by atoms with Crippen LogP contribution in [0.5, 0.6) is 0 Å². The van der Waals surface area contributed by atoms with Gasteiger partial charge in [-0.3, -0.25) is 0 Å². The van der Waals surface area contributed by atoms with Crippen molar-refractivity contribution in [3.63, 3.8) is 0 Å². The summed E-state index contributed by atoms with van der Waals surface area (Å²) in [7, 11) is -4.07. The summed E-state index contributed by atoms with van der Waals surface area (Å²) in [5.41, 5.74) is 0.398. The van der Waals surface area contributed by atoms with E-state index in [1.807, 2.05) is 0 Å². The molecule has 1 saturated heterocycles. The summed E-state index contributed by atoms with van der Waals surface area (Å²) in [6.45, 7) is 9.31. The van der Waals surface area contributed by atoms with Crippen LogP contribution in [0.3, 0.4) is 0 Å². The van der Waals surface area contributed by atoms with E-state index in [1.165, 1.54) is 17.0 Å². The van der Waals surface area contributed by atoms with E-state index in [4.69, 9.17) is 4.74 Å². The number of ether oxygens (including phenoxy) is 1. The fraction of sp³-hybridized carbons (Fsp3) is 0.381. The average Bonchev–Trinajstić information content (AvgIpc) is 2.73. The zero-order valence-corrected chi connectivity index (χ0v) is 19.0. The van der Waals surface area contributed by atoms with Crippen molar-refractivity contribution in [1.29, 1.82) is 0 Å². The zero-order valence-electron chi connectivity index (χ0n) is 18.2. The highest BCUT2D eigenvalue weighted by Gasteiger charge is 2.33. The first kappa shape index (κ1) is 23.6. The molecule has 1 N–H and O–H groups in total. The van der Waals surface area contributed by atoms with E-state index >= 15 is 0 Å². The molecule has 32 heavy (non-hydrogen) atoms. The van der Waals surface area contributed by atoms with Crippen LogP contribution in [0.2, 0.25) is 0 Å². The summed E-state index contributed by atoms with van der Waals surface area (Å²) >= 11 is 0. The Hall–Kier alpha value is -3.05. The third-order valence-corrected chi connectivity index (χ3v) is 6.54. The predicted octanol–water partition coefficient (Wildman–Crippen LogP) is 3.24. The topological polar surface area (TPSA) is 105 Å². The molecule has 172 valence electrons. The van der Waals surface area contributed by atoms with Gasteiger partial charge in [0.25, 0.3) is 0 Å². The van der Waals surface area contributed by atoms with Gasteiger partial charge in [0.05, 0.1) is 0 Å². The van der Waals surface area contributed by atoms with Gasteiger partial charge in [-0.2, -0.15) is 4.31 Å². The van der Waals surface area contributed by atoms with Crippen LogP contribution >= 0.6 is 0 Å². The van der Waals surface area contributed by atoms with Crippen LogP contribution in [0.4, 0.5) is 20.8 Å². The molecular weight excluding hydrogens is 437 g/mol. The zero-order chi connectivity index (χ0) is 23.5. The molecule has 2 aromatic rings. The first-order valence-electron chi connectivity index (χ1n) is 9.99. The number of sulfonamides is 1. The normalized spacial score (nSPS) is 15.3. The number of carbonyl (C=O) groups is 1. The van der Waals surface area contributed by atoms with Crippen molar-refractivity contribution in [2.24, 2.45) is 0 Å². The lowest BCUT2D eigenvalue weighted by Gasteiger charge is -2.35. The van der Waals surface area contributed by atoms with Gasteiger partial charge in [-0.25, -0.2) is 27.6 Å². The molecule has 0 spiro atoms. The molecule has 1 amide bonds. The van der Waals surface area contributed by atoms with Crippen LogP contribution in [-0.4, -0.2) is 65.5 Å². The van der Waals surface area contributed by atoms with Gasteiger partial charge in [0.2, 0.25) is 16.0 Å². The number of piperazine rings is 1. The molecule has 0 saturated carbocycles. The van der Waals surface area contributed by atoms with Crippen molar-refractivity contribution in [3.8, 4) is 0 Å². The summed E-state index contributed by atoms with van der Waals surface area (Å²) in [6.07, 6.45) is 4.19. The molecule has 0 unspecified atom stereocenters. The van der Waals surface area contributed by atoms with E-state index < -0.39 is 32.4 Å². The third-order valence-electron chi connectivity index (χ3n) is 4.60. The maximum atomic E-state index is 14.7. The number of carbonyl (C=O) groups excluding carboxylic acids is 1. The fourth-order valence-corrected chi connectivity index (χ4v) is 4.47. The van der Waals surface area contributed by atoms with Gasteiger partial charge in [-0.1, -0.05) is 12.7 Å². The molecule has 11 heteroatoms.